The molecule has 1 aromatic carbocycles. The van der Waals surface area contributed by atoms with E-state index in [-0.39, 0.29) is 5.97 Å². The lowest BCUT2D eigenvalue weighted by Crippen LogP contribution is -1.99. The van der Waals surface area contributed by atoms with Crippen LogP contribution in [0.3, 0.4) is 0 Å². The molecule has 0 aliphatic rings. The van der Waals surface area contributed by atoms with Crippen LogP contribution in [0.4, 0.5) is 0 Å². The average molecular weight is 403 g/mol. The van der Waals surface area contributed by atoms with Gasteiger partial charge in [-0.3, -0.25) is 0 Å². The predicted molar refractivity (Wildman–Crippen MR) is 95.4 cm³/mol. The van der Waals surface area contributed by atoms with Gasteiger partial charge in [0, 0.05) is 10.0 Å². The molecule has 0 unspecified atom stereocenters. The van der Waals surface area contributed by atoms with Gasteiger partial charge < -0.3 is 4.74 Å². The van der Waals surface area contributed by atoms with Gasteiger partial charge in [-0.25, -0.2) is 19.3 Å². The van der Waals surface area contributed by atoms with E-state index >= 15 is 0 Å². The molecule has 0 aliphatic heterocycles. The molecular formula is C16H11BrN4O2S. The van der Waals surface area contributed by atoms with E-state index in [9.17, 15) is 4.79 Å². The summed E-state index contributed by atoms with van der Waals surface area (Å²) < 4.78 is 7.48. The van der Waals surface area contributed by atoms with E-state index in [2.05, 4.69) is 31.0 Å². The number of thiophene rings is 1. The molecule has 3 heterocycles. The molecule has 0 saturated heterocycles. The van der Waals surface area contributed by atoms with Gasteiger partial charge in [0.25, 0.3) is 0 Å². The van der Waals surface area contributed by atoms with Crippen molar-refractivity contribution >= 4 is 49.1 Å². The Hall–Kier alpha value is -2.32. The van der Waals surface area contributed by atoms with Gasteiger partial charge in [0.05, 0.1) is 12.5 Å². The van der Waals surface area contributed by atoms with Crippen LogP contribution in [-0.4, -0.2) is 32.7 Å². The molecule has 120 valence electrons. The first kappa shape index (κ1) is 15.2. The zero-order chi connectivity index (χ0) is 16.8. The van der Waals surface area contributed by atoms with Gasteiger partial charge in [-0.05, 0) is 24.6 Å². The van der Waals surface area contributed by atoms with Crippen molar-refractivity contribution in [1.82, 2.24) is 19.6 Å². The van der Waals surface area contributed by atoms with E-state index in [0.717, 1.165) is 25.8 Å². The molecule has 0 fully saturated rings. The molecule has 0 radical (unpaired) electrons. The topological polar surface area (TPSA) is 69.4 Å². The van der Waals surface area contributed by atoms with Crippen LogP contribution in [0.15, 0.2) is 35.1 Å². The lowest BCUT2D eigenvalue weighted by Gasteiger charge is -1.96. The number of aromatic nitrogens is 4. The third-order valence-corrected chi connectivity index (χ3v) is 5.45. The Kier molecular flexibility index (Phi) is 3.58. The highest BCUT2D eigenvalue weighted by Crippen LogP contribution is 2.32. The first-order chi connectivity index (χ1) is 11.6. The van der Waals surface area contributed by atoms with Gasteiger partial charge in [0.15, 0.2) is 11.5 Å². The van der Waals surface area contributed by atoms with Crippen LogP contribution in [0.2, 0.25) is 0 Å². The fraction of sp³-hybridized carbons (Fsp3) is 0.125. The summed E-state index contributed by atoms with van der Waals surface area (Å²) in [7, 11) is 1.37. The highest BCUT2D eigenvalue weighted by atomic mass is 79.9. The summed E-state index contributed by atoms with van der Waals surface area (Å²) in [4.78, 5) is 22.2. The van der Waals surface area contributed by atoms with Crippen LogP contribution in [0, 0.1) is 6.92 Å². The van der Waals surface area contributed by atoms with E-state index < -0.39 is 0 Å². The molecule has 0 atom stereocenters. The minimum Gasteiger partial charge on any atom is -0.465 e. The third-order valence-electron chi connectivity index (χ3n) is 3.74. The van der Waals surface area contributed by atoms with E-state index in [4.69, 9.17) is 4.74 Å². The first-order valence-corrected chi connectivity index (χ1v) is 8.68. The number of hydrogen-bond donors (Lipinski definition) is 0. The van der Waals surface area contributed by atoms with Crippen molar-refractivity contribution in [1.29, 1.82) is 0 Å². The van der Waals surface area contributed by atoms with E-state index in [1.54, 1.807) is 10.8 Å². The number of halogens is 1. The number of esters is 1. The Morgan fingerprint density at radius 1 is 1.29 bits per heavy atom. The Morgan fingerprint density at radius 2 is 2.04 bits per heavy atom. The van der Waals surface area contributed by atoms with E-state index in [1.165, 1.54) is 18.4 Å². The molecule has 0 N–H and O–H groups in total. The van der Waals surface area contributed by atoms with Crippen LogP contribution in [-0.2, 0) is 4.74 Å². The highest BCUT2D eigenvalue weighted by molar-refractivity contribution is 9.10. The normalized spacial score (nSPS) is 11.3. The van der Waals surface area contributed by atoms with Crippen LogP contribution in [0.5, 0.6) is 0 Å². The van der Waals surface area contributed by atoms with Crippen LogP contribution >= 0.6 is 27.3 Å². The summed E-state index contributed by atoms with van der Waals surface area (Å²) in [5, 5.41) is 5.33. The van der Waals surface area contributed by atoms with Crippen molar-refractivity contribution in [2.45, 2.75) is 6.92 Å². The Labute approximate surface area is 149 Å². The lowest BCUT2D eigenvalue weighted by atomic mass is 10.2. The van der Waals surface area contributed by atoms with Gasteiger partial charge >= 0.3 is 5.97 Å². The number of benzene rings is 1. The molecule has 0 saturated carbocycles. The molecule has 0 aliphatic carbocycles. The molecular weight excluding hydrogens is 392 g/mol. The minimum atomic E-state index is -0.360. The average Bonchev–Trinajstić information content (AvgIpc) is 3.16. The summed E-state index contributed by atoms with van der Waals surface area (Å²) in [6.07, 6.45) is 1.62. The molecule has 0 bridgehead atoms. The zero-order valence-corrected chi connectivity index (χ0v) is 15.2. The van der Waals surface area contributed by atoms with Crippen LogP contribution in [0.1, 0.15) is 15.2 Å². The number of methoxy groups -OCH3 is 1. The number of fused-ring (bicyclic) bond motifs is 3. The second-order valence-electron chi connectivity index (χ2n) is 5.18. The number of aryl methyl sites for hydroxylation is 1. The number of nitrogens with zero attached hydrogens (tertiary/aromatic N) is 4. The number of ether oxygens (including phenoxy) is 1. The summed E-state index contributed by atoms with van der Waals surface area (Å²) in [5.74, 6) is 0.253. The predicted octanol–water partition coefficient (Wildman–Crippen LogP) is 3.86. The standard InChI is InChI=1S/C16H11BrN4O2S/c1-8-11-14-19-13(9-3-5-10(17)6-4-9)20-21(14)7-18-15(11)24-12(8)16(22)23-2/h3-7H,1-2H3. The second kappa shape index (κ2) is 5.64. The molecule has 0 spiro atoms. The van der Waals surface area contributed by atoms with Crippen LogP contribution < -0.4 is 0 Å². The third kappa shape index (κ3) is 2.30. The number of rotatable bonds is 2. The largest absolute Gasteiger partial charge is 0.465 e. The van der Waals surface area contributed by atoms with Crippen LogP contribution in [0.25, 0.3) is 27.3 Å². The molecule has 4 rings (SSSR count). The fourth-order valence-electron chi connectivity index (χ4n) is 2.54. The number of hydrogen-bond acceptors (Lipinski definition) is 6. The van der Waals surface area contributed by atoms with Gasteiger partial charge in [-0.1, -0.05) is 28.1 Å². The maximum absolute atomic E-state index is 11.9. The Morgan fingerprint density at radius 3 is 2.75 bits per heavy atom. The van der Waals surface area contributed by atoms with Crippen molar-refractivity contribution < 1.29 is 9.53 Å². The van der Waals surface area contributed by atoms with Crippen molar-refractivity contribution in [3.05, 3.63) is 45.5 Å². The lowest BCUT2D eigenvalue weighted by molar-refractivity contribution is 0.0605. The van der Waals surface area contributed by atoms with Gasteiger partial charge in [-0.15, -0.1) is 16.4 Å². The Bertz CT molecular complexity index is 1090. The van der Waals surface area contributed by atoms with Gasteiger partial charge in [-0.2, -0.15) is 0 Å². The maximum atomic E-state index is 11.9. The van der Waals surface area contributed by atoms with E-state index in [1.807, 2.05) is 31.2 Å². The summed E-state index contributed by atoms with van der Waals surface area (Å²) in [6.45, 7) is 1.88. The second-order valence-corrected chi connectivity index (χ2v) is 7.10. The van der Waals surface area contributed by atoms with Gasteiger partial charge in [0.1, 0.15) is 16.0 Å². The monoisotopic (exact) mass is 402 g/mol. The van der Waals surface area contributed by atoms with Gasteiger partial charge in [0.2, 0.25) is 0 Å². The quantitative estimate of drug-likeness (QED) is 0.476. The molecule has 6 nitrogen and oxygen atoms in total. The van der Waals surface area contributed by atoms with Crippen molar-refractivity contribution in [2.75, 3.05) is 7.11 Å². The zero-order valence-electron chi connectivity index (χ0n) is 12.8. The van der Waals surface area contributed by atoms with Crippen molar-refractivity contribution in [3.8, 4) is 11.4 Å². The SMILES string of the molecule is COC(=O)c1sc2ncn3nc(-c4ccc(Br)cc4)nc3c2c1C. The summed E-state index contributed by atoms with van der Waals surface area (Å²) in [5.41, 5.74) is 2.41. The highest BCUT2D eigenvalue weighted by Gasteiger charge is 2.20. The van der Waals surface area contributed by atoms with Crippen molar-refractivity contribution in [2.24, 2.45) is 0 Å². The summed E-state index contributed by atoms with van der Waals surface area (Å²) in [6, 6.07) is 7.79. The van der Waals surface area contributed by atoms with E-state index in [0.29, 0.717) is 16.3 Å². The molecule has 24 heavy (non-hydrogen) atoms. The fourth-order valence-corrected chi connectivity index (χ4v) is 3.87. The number of carbonyl (C=O) groups excluding carboxylic acids is 1. The van der Waals surface area contributed by atoms with Crippen molar-refractivity contribution in [3.63, 3.8) is 0 Å². The summed E-state index contributed by atoms with van der Waals surface area (Å²) >= 11 is 4.72. The molecule has 4 aromatic rings. The maximum Gasteiger partial charge on any atom is 0.348 e. The number of carbonyl (C=O) groups is 1. The first-order valence-electron chi connectivity index (χ1n) is 7.07. The molecule has 8 heteroatoms. The molecule has 3 aromatic heterocycles. The Balaban J connectivity index is 1.96. The minimum absolute atomic E-state index is 0.360. The smallest absolute Gasteiger partial charge is 0.348 e. The molecule has 0 amide bonds.